The Morgan fingerprint density at radius 1 is 1.61 bits per heavy atom. The summed E-state index contributed by atoms with van der Waals surface area (Å²) in [5.41, 5.74) is 5.27. The molecule has 0 saturated heterocycles. The van der Waals surface area contributed by atoms with Crippen molar-refractivity contribution in [3.63, 3.8) is 0 Å². The molecule has 2 aromatic heterocycles. The molecule has 3 N–H and O–H groups in total. The van der Waals surface area contributed by atoms with Gasteiger partial charge in [-0.2, -0.15) is 0 Å². The Morgan fingerprint density at radius 2 is 2.39 bits per heavy atom. The van der Waals surface area contributed by atoms with Gasteiger partial charge < -0.3 is 14.7 Å². The molecule has 0 bridgehead atoms. The molecule has 0 aromatic carbocycles. The van der Waals surface area contributed by atoms with E-state index in [1.165, 1.54) is 0 Å². The summed E-state index contributed by atoms with van der Waals surface area (Å²) in [6, 6.07) is 2.85. The van der Waals surface area contributed by atoms with Crippen LogP contribution in [0.4, 0.5) is 0 Å². The molecule has 6 nitrogen and oxygen atoms in total. The molecule has 1 amide bonds. The van der Waals surface area contributed by atoms with E-state index in [9.17, 15) is 4.79 Å². The fourth-order valence-electron chi connectivity index (χ4n) is 1.73. The normalized spacial score (nSPS) is 14.3. The van der Waals surface area contributed by atoms with Crippen LogP contribution in [-0.4, -0.2) is 21.5 Å². The van der Waals surface area contributed by atoms with Gasteiger partial charge in [0.05, 0.1) is 12.3 Å². The van der Waals surface area contributed by atoms with E-state index in [1.54, 1.807) is 25.5 Å². The van der Waals surface area contributed by atoms with E-state index in [2.05, 4.69) is 10.3 Å². The highest BCUT2D eigenvalue weighted by atomic mass is 16.3. The smallest absolute Gasteiger partial charge is 0.234 e. The Balaban J connectivity index is 2.30. The molecule has 6 heteroatoms. The van der Waals surface area contributed by atoms with Crippen LogP contribution in [0.15, 0.2) is 35.2 Å². The molecule has 2 heterocycles. The molecule has 2 aromatic rings. The number of hydrogen-bond acceptors (Lipinski definition) is 4. The molecule has 2 atom stereocenters. The number of rotatable bonds is 5. The number of imidazole rings is 1. The summed E-state index contributed by atoms with van der Waals surface area (Å²) in [5.74, 6) is 1.04. The highest BCUT2D eigenvalue weighted by molar-refractivity contribution is 5.79. The summed E-state index contributed by atoms with van der Waals surface area (Å²) in [4.78, 5) is 15.4. The lowest BCUT2D eigenvalue weighted by molar-refractivity contribution is -0.119. The summed E-state index contributed by atoms with van der Waals surface area (Å²) < 4.78 is 7.26. The maximum atomic E-state index is 11.2. The highest BCUT2D eigenvalue weighted by Crippen LogP contribution is 2.21. The van der Waals surface area contributed by atoms with E-state index in [1.807, 2.05) is 23.9 Å². The van der Waals surface area contributed by atoms with Crippen molar-refractivity contribution in [1.29, 1.82) is 0 Å². The Hall–Kier alpha value is -2.08. The summed E-state index contributed by atoms with van der Waals surface area (Å²) in [6.45, 7) is 1.71. The molecule has 2 unspecified atom stereocenters. The van der Waals surface area contributed by atoms with Crippen molar-refractivity contribution in [2.75, 3.05) is 0 Å². The Bertz CT molecular complexity index is 518. The zero-order chi connectivity index (χ0) is 13.1. The number of nitrogens with one attached hydrogen (secondary N) is 1. The molecule has 18 heavy (non-hydrogen) atoms. The minimum atomic E-state index is -0.475. The van der Waals surface area contributed by atoms with Gasteiger partial charge in [0.15, 0.2) is 0 Å². The molecular weight excluding hydrogens is 232 g/mol. The average Bonchev–Trinajstić information content (AvgIpc) is 2.96. The molecular formula is C12H16N4O2. The van der Waals surface area contributed by atoms with Gasteiger partial charge in [-0.05, 0) is 19.1 Å². The second kappa shape index (κ2) is 5.05. The number of primary amides is 1. The maximum absolute atomic E-state index is 11.2. The topological polar surface area (TPSA) is 86.1 Å². The van der Waals surface area contributed by atoms with Crippen LogP contribution >= 0.6 is 0 Å². The summed E-state index contributed by atoms with van der Waals surface area (Å²) >= 11 is 0. The SMILES string of the molecule is CC(NC(c1ccco1)c1nccn1C)C(N)=O. The average molecular weight is 248 g/mol. The maximum Gasteiger partial charge on any atom is 0.234 e. The molecule has 0 saturated carbocycles. The number of aromatic nitrogens is 2. The van der Waals surface area contributed by atoms with Crippen molar-refractivity contribution >= 4 is 5.91 Å². The molecule has 2 rings (SSSR count). The van der Waals surface area contributed by atoms with E-state index >= 15 is 0 Å². The third-order valence-electron chi connectivity index (χ3n) is 2.79. The van der Waals surface area contributed by atoms with Crippen molar-refractivity contribution in [3.8, 4) is 0 Å². The van der Waals surface area contributed by atoms with Gasteiger partial charge in [-0.25, -0.2) is 4.98 Å². The molecule has 96 valence electrons. The van der Waals surface area contributed by atoms with Crippen molar-refractivity contribution < 1.29 is 9.21 Å². The van der Waals surface area contributed by atoms with E-state index < -0.39 is 11.9 Å². The van der Waals surface area contributed by atoms with Gasteiger partial charge in [0.2, 0.25) is 5.91 Å². The van der Waals surface area contributed by atoms with Gasteiger partial charge in [0.1, 0.15) is 17.6 Å². The predicted molar refractivity (Wildman–Crippen MR) is 65.6 cm³/mol. The van der Waals surface area contributed by atoms with Crippen LogP contribution < -0.4 is 11.1 Å². The Morgan fingerprint density at radius 3 is 2.89 bits per heavy atom. The summed E-state index contributed by atoms with van der Waals surface area (Å²) in [5, 5.41) is 3.11. The number of nitrogens with two attached hydrogens (primary N) is 1. The third-order valence-corrected chi connectivity index (χ3v) is 2.79. The zero-order valence-electron chi connectivity index (χ0n) is 10.3. The molecule has 0 fully saturated rings. The van der Waals surface area contributed by atoms with Crippen LogP contribution in [-0.2, 0) is 11.8 Å². The molecule has 0 spiro atoms. The lowest BCUT2D eigenvalue weighted by Crippen LogP contribution is -2.41. The number of carbonyl (C=O) groups excluding carboxylic acids is 1. The van der Waals surface area contributed by atoms with Crippen molar-refractivity contribution in [2.24, 2.45) is 12.8 Å². The predicted octanol–water partition coefficient (Wildman–Crippen LogP) is 0.566. The molecule has 0 aliphatic heterocycles. The first kappa shape index (κ1) is 12.4. The number of amides is 1. The van der Waals surface area contributed by atoms with E-state index in [-0.39, 0.29) is 6.04 Å². The van der Waals surface area contributed by atoms with Gasteiger partial charge in [-0.1, -0.05) is 0 Å². The fourth-order valence-corrected chi connectivity index (χ4v) is 1.73. The minimum absolute atomic E-state index is 0.303. The van der Waals surface area contributed by atoms with Crippen molar-refractivity contribution in [2.45, 2.75) is 19.0 Å². The third kappa shape index (κ3) is 2.43. The standard InChI is InChI=1S/C12H16N4O2/c1-8(11(13)17)15-10(9-4-3-7-18-9)12-14-5-6-16(12)2/h3-8,10,15H,1-2H3,(H2,13,17). The van der Waals surface area contributed by atoms with Gasteiger partial charge in [-0.15, -0.1) is 0 Å². The lowest BCUT2D eigenvalue weighted by Gasteiger charge is -2.19. The van der Waals surface area contributed by atoms with Crippen LogP contribution in [0.5, 0.6) is 0 Å². The zero-order valence-corrected chi connectivity index (χ0v) is 10.3. The van der Waals surface area contributed by atoms with E-state index in [0.29, 0.717) is 5.76 Å². The van der Waals surface area contributed by atoms with Crippen LogP contribution in [0.2, 0.25) is 0 Å². The van der Waals surface area contributed by atoms with Gasteiger partial charge in [-0.3, -0.25) is 10.1 Å². The van der Waals surface area contributed by atoms with Crippen molar-refractivity contribution in [1.82, 2.24) is 14.9 Å². The first-order chi connectivity index (χ1) is 8.59. The fraction of sp³-hybridized carbons (Fsp3) is 0.333. The summed E-state index contributed by atoms with van der Waals surface area (Å²) in [6.07, 6.45) is 5.12. The lowest BCUT2D eigenvalue weighted by atomic mass is 10.1. The molecule has 0 aliphatic rings. The van der Waals surface area contributed by atoms with E-state index in [0.717, 1.165) is 5.82 Å². The number of carbonyl (C=O) groups is 1. The van der Waals surface area contributed by atoms with E-state index in [4.69, 9.17) is 10.2 Å². The van der Waals surface area contributed by atoms with Crippen LogP contribution in [0.1, 0.15) is 24.6 Å². The van der Waals surface area contributed by atoms with Gasteiger partial charge >= 0.3 is 0 Å². The quantitative estimate of drug-likeness (QED) is 0.809. The second-order valence-corrected chi connectivity index (χ2v) is 4.14. The Kier molecular flexibility index (Phi) is 3.47. The highest BCUT2D eigenvalue weighted by Gasteiger charge is 2.24. The van der Waals surface area contributed by atoms with Crippen LogP contribution in [0.25, 0.3) is 0 Å². The largest absolute Gasteiger partial charge is 0.467 e. The van der Waals surface area contributed by atoms with Gasteiger partial charge in [0.25, 0.3) is 0 Å². The van der Waals surface area contributed by atoms with Crippen LogP contribution in [0.3, 0.4) is 0 Å². The number of nitrogens with zero attached hydrogens (tertiary/aromatic N) is 2. The Labute approximate surface area is 105 Å². The number of furan rings is 1. The first-order valence-electron chi connectivity index (χ1n) is 5.65. The first-order valence-corrected chi connectivity index (χ1v) is 5.65. The number of hydrogen-bond donors (Lipinski definition) is 2. The number of aryl methyl sites for hydroxylation is 1. The monoisotopic (exact) mass is 248 g/mol. The summed E-state index contributed by atoms with van der Waals surface area (Å²) in [7, 11) is 1.88. The minimum Gasteiger partial charge on any atom is -0.467 e. The second-order valence-electron chi connectivity index (χ2n) is 4.14. The van der Waals surface area contributed by atoms with Crippen molar-refractivity contribution in [3.05, 3.63) is 42.4 Å². The van der Waals surface area contributed by atoms with Gasteiger partial charge in [0, 0.05) is 19.4 Å². The molecule has 0 radical (unpaired) electrons. The van der Waals surface area contributed by atoms with Crippen LogP contribution in [0, 0.1) is 0 Å². The molecule has 0 aliphatic carbocycles.